The Hall–Kier alpha value is -1.89. The fraction of sp³-hybridized carbons (Fsp3) is 0.286. The predicted octanol–water partition coefficient (Wildman–Crippen LogP) is 3.95. The SMILES string of the molecule is CCCNc1ncc(F)c(Nc2cc(Br)cc(OC)c2)n1. The van der Waals surface area contributed by atoms with E-state index in [1.165, 1.54) is 0 Å². The molecule has 21 heavy (non-hydrogen) atoms. The van der Waals surface area contributed by atoms with Gasteiger partial charge in [-0.2, -0.15) is 4.98 Å². The van der Waals surface area contributed by atoms with Crippen LogP contribution in [0, 0.1) is 5.82 Å². The summed E-state index contributed by atoms with van der Waals surface area (Å²) >= 11 is 3.38. The van der Waals surface area contributed by atoms with Crippen LogP contribution in [0.2, 0.25) is 0 Å². The topological polar surface area (TPSA) is 59.1 Å². The quantitative estimate of drug-likeness (QED) is 0.822. The standard InChI is InChI=1S/C14H16BrFN4O/c1-3-4-17-14-18-8-12(16)13(20-14)19-10-5-9(15)6-11(7-10)21-2/h5-8H,3-4H2,1-2H3,(H2,17,18,19,20). The summed E-state index contributed by atoms with van der Waals surface area (Å²) < 4.78 is 19.8. The number of nitrogens with one attached hydrogen (secondary N) is 2. The van der Waals surface area contributed by atoms with Gasteiger partial charge in [0.1, 0.15) is 5.75 Å². The molecule has 0 amide bonds. The minimum absolute atomic E-state index is 0.115. The average Bonchev–Trinajstić information content (AvgIpc) is 2.47. The van der Waals surface area contributed by atoms with E-state index in [9.17, 15) is 4.39 Å². The van der Waals surface area contributed by atoms with Gasteiger partial charge in [0, 0.05) is 22.8 Å². The average molecular weight is 355 g/mol. The maximum absolute atomic E-state index is 13.8. The Morgan fingerprint density at radius 1 is 1.33 bits per heavy atom. The molecule has 0 aliphatic rings. The predicted molar refractivity (Wildman–Crippen MR) is 84.7 cm³/mol. The molecule has 0 aliphatic carbocycles. The number of ether oxygens (including phenoxy) is 1. The molecule has 1 aromatic heterocycles. The molecule has 1 aromatic carbocycles. The Morgan fingerprint density at radius 3 is 2.86 bits per heavy atom. The van der Waals surface area contributed by atoms with Gasteiger partial charge in [0.05, 0.1) is 13.3 Å². The lowest BCUT2D eigenvalue weighted by molar-refractivity contribution is 0.415. The Bertz CT molecular complexity index is 624. The van der Waals surface area contributed by atoms with Gasteiger partial charge in [-0.3, -0.25) is 0 Å². The highest BCUT2D eigenvalue weighted by atomic mass is 79.9. The van der Waals surface area contributed by atoms with Gasteiger partial charge >= 0.3 is 0 Å². The largest absolute Gasteiger partial charge is 0.497 e. The molecule has 0 unspecified atom stereocenters. The zero-order valence-electron chi connectivity index (χ0n) is 11.8. The molecule has 2 N–H and O–H groups in total. The van der Waals surface area contributed by atoms with Crippen LogP contribution in [-0.2, 0) is 0 Å². The van der Waals surface area contributed by atoms with E-state index in [-0.39, 0.29) is 5.82 Å². The van der Waals surface area contributed by atoms with Gasteiger partial charge in [0.2, 0.25) is 5.95 Å². The number of benzene rings is 1. The van der Waals surface area contributed by atoms with Crippen LogP contribution in [0.15, 0.2) is 28.9 Å². The zero-order valence-corrected chi connectivity index (χ0v) is 13.4. The fourth-order valence-corrected chi connectivity index (χ4v) is 2.14. The third kappa shape index (κ3) is 4.29. The monoisotopic (exact) mass is 354 g/mol. The van der Waals surface area contributed by atoms with Crippen LogP contribution in [0.1, 0.15) is 13.3 Å². The molecule has 7 heteroatoms. The number of aromatic nitrogens is 2. The summed E-state index contributed by atoms with van der Waals surface area (Å²) in [5, 5.41) is 5.95. The molecule has 0 fully saturated rings. The minimum Gasteiger partial charge on any atom is -0.497 e. The fourth-order valence-electron chi connectivity index (χ4n) is 1.67. The molecule has 0 atom stereocenters. The minimum atomic E-state index is -0.518. The molecule has 0 spiro atoms. The van der Waals surface area contributed by atoms with Crippen molar-refractivity contribution >= 4 is 33.4 Å². The molecule has 2 aromatic rings. The summed E-state index contributed by atoms with van der Waals surface area (Å²) in [6, 6.07) is 5.38. The van der Waals surface area contributed by atoms with E-state index in [1.807, 2.05) is 19.1 Å². The number of nitrogens with zero attached hydrogens (tertiary/aromatic N) is 2. The number of methoxy groups -OCH3 is 1. The first-order valence-corrected chi connectivity index (χ1v) is 7.29. The first-order chi connectivity index (χ1) is 10.1. The van der Waals surface area contributed by atoms with E-state index in [0.717, 1.165) is 23.6 Å². The highest BCUT2D eigenvalue weighted by molar-refractivity contribution is 9.10. The van der Waals surface area contributed by atoms with Gasteiger partial charge < -0.3 is 15.4 Å². The van der Waals surface area contributed by atoms with Crippen molar-refractivity contribution in [3.8, 4) is 5.75 Å². The lowest BCUT2D eigenvalue weighted by Crippen LogP contribution is -2.07. The molecular weight excluding hydrogens is 339 g/mol. The van der Waals surface area contributed by atoms with Gasteiger partial charge in [-0.05, 0) is 18.6 Å². The van der Waals surface area contributed by atoms with Crippen molar-refractivity contribution in [3.05, 3.63) is 34.7 Å². The van der Waals surface area contributed by atoms with E-state index < -0.39 is 5.82 Å². The number of hydrogen-bond acceptors (Lipinski definition) is 5. The van der Waals surface area contributed by atoms with Crippen molar-refractivity contribution in [2.24, 2.45) is 0 Å². The summed E-state index contributed by atoms with van der Waals surface area (Å²) in [5.74, 6) is 0.646. The van der Waals surface area contributed by atoms with Gasteiger partial charge in [-0.25, -0.2) is 9.37 Å². The van der Waals surface area contributed by atoms with Crippen molar-refractivity contribution in [1.82, 2.24) is 9.97 Å². The molecule has 0 aliphatic heterocycles. The normalized spacial score (nSPS) is 10.3. The number of rotatable bonds is 6. The molecule has 112 valence electrons. The van der Waals surface area contributed by atoms with Crippen LogP contribution in [0.25, 0.3) is 0 Å². The van der Waals surface area contributed by atoms with E-state index >= 15 is 0 Å². The van der Waals surface area contributed by atoms with Gasteiger partial charge in [0.25, 0.3) is 0 Å². The summed E-state index contributed by atoms with van der Waals surface area (Å²) in [6.45, 7) is 2.76. The van der Waals surface area contributed by atoms with Gasteiger partial charge in [-0.1, -0.05) is 22.9 Å². The van der Waals surface area contributed by atoms with Crippen LogP contribution in [0.4, 0.5) is 21.8 Å². The van der Waals surface area contributed by atoms with Crippen molar-refractivity contribution in [1.29, 1.82) is 0 Å². The maximum Gasteiger partial charge on any atom is 0.224 e. The van der Waals surface area contributed by atoms with Crippen LogP contribution in [0.5, 0.6) is 5.75 Å². The highest BCUT2D eigenvalue weighted by Crippen LogP contribution is 2.27. The van der Waals surface area contributed by atoms with Crippen LogP contribution < -0.4 is 15.4 Å². The molecule has 0 saturated carbocycles. The van der Waals surface area contributed by atoms with Crippen molar-refractivity contribution in [2.45, 2.75) is 13.3 Å². The Balaban J connectivity index is 2.23. The third-order valence-electron chi connectivity index (χ3n) is 2.65. The summed E-state index contributed by atoms with van der Waals surface area (Å²) in [4.78, 5) is 8.02. The maximum atomic E-state index is 13.8. The number of anilines is 3. The second-order valence-corrected chi connectivity index (χ2v) is 5.24. The lowest BCUT2D eigenvalue weighted by Gasteiger charge is -2.10. The second-order valence-electron chi connectivity index (χ2n) is 4.32. The number of halogens is 2. The lowest BCUT2D eigenvalue weighted by atomic mass is 10.3. The van der Waals surface area contributed by atoms with E-state index in [4.69, 9.17) is 4.74 Å². The van der Waals surface area contributed by atoms with Gasteiger partial charge in [-0.15, -0.1) is 0 Å². The molecule has 0 bridgehead atoms. The second kappa shape index (κ2) is 7.21. The highest BCUT2D eigenvalue weighted by Gasteiger charge is 2.08. The first kappa shape index (κ1) is 15.5. The van der Waals surface area contributed by atoms with Crippen molar-refractivity contribution in [2.75, 3.05) is 24.3 Å². The first-order valence-electron chi connectivity index (χ1n) is 6.50. The molecule has 2 rings (SSSR count). The Morgan fingerprint density at radius 2 is 2.14 bits per heavy atom. The molecule has 1 heterocycles. The smallest absolute Gasteiger partial charge is 0.224 e. The van der Waals surface area contributed by atoms with Crippen molar-refractivity contribution in [3.63, 3.8) is 0 Å². The summed E-state index contributed by atoms with van der Waals surface area (Å²) in [5.41, 5.74) is 0.667. The summed E-state index contributed by atoms with van der Waals surface area (Å²) in [6.07, 6.45) is 2.08. The summed E-state index contributed by atoms with van der Waals surface area (Å²) in [7, 11) is 1.57. The third-order valence-corrected chi connectivity index (χ3v) is 3.10. The Kier molecular flexibility index (Phi) is 5.32. The van der Waals surface area contributed by atoms with E-state index in [2.05, 4.69) is 36.5 Å². The van der Waals surface area contributed by atoms with Crippen LogP contribution in [0.3, 0.4) is 0 Å². The van der Waals surface area contributed by atoms with E-state index in [1.54, 1.807) is 13.2 Å². The molecule has 0 radical (unpaired) electrons. The van der Waals surface area contributed by atoms with Crippen molar-refractivity contribution < 1.29 is 9.13 Å². The van der Waals surface area contributed by atoms with Gasteiger partial charge in [0.15, 0.2) is 11.6 Å². The van der Waals surface area contributed by atoms with Crippen LogP contribution >= 0.6 is 15.9 Å². The zero-order chi connectivity index (χ0) is 15.2. The van der Waals surface area contributed by atoms with E-state index in [0.29, 0.717) is 17.4 Å². The number of hydrogen-bond donors (Lipinski definition) is 2. The molecule has 0 saturated heterocycles. The Labute approximate surface area is 131 Å². The molecule has 5 nitrogen and oxygen atoms in total. The molecular formula is C14H16BrFN4O. The van der Waals surface area contributed by atoms with Crippen LogP contribution in [-0.4, -0.2) is 23.6 Å².